The third-order valence-electron chi connectivity index (χ3n) is 2.47. The van der Waals surface area contributed by atoms with Crippen LogP contribution in [0.5, 0.6) is 0 Å². The predicted octanol–water partition coefficient (Wildman–Crippen LogP) is 0.790. The molecule has 0 spiro atoms. The van der Waals surface area contributed by atoms with E-state index in [1.54, 1.807) is 0 Å². The van der Waals surface area contributed by atoms with Gasteiger partial charge in [-0.05, 0) is 6.42 Å². The van der Waals surface area contributed by atoms with Gasteiger partial charge in [-0.1, -0.05) is 6.08 Å². The van der Waals surface area contributed by atoms with Gasteiger partial charge in [-0.2, -0.15) is 11.8 Å². The molecule has 1 heterocycles. The lowest BCUT2D eigenvalue weighted by atomic mass is 10.2. The number of carbonyl (C=O) groups is 1. The van der Waals surface area contributed by atoms with Gasteiger partial charge in [0.15, 0.2) is 0 Å². The molecule has 0 radical (unpaired) electrons. The Morgan fingerprint density at radius 2 is 2.47 bits per heavy atom. The molecule has 17 heavy (non-hydrogen) atoms. The van der Waals surface area contributed by atoms with Crippen LogP contribution in [0.15, 0.2) is 12.7 Å². The van der Waals surface area contributed by atoms with Crippen LogP contribution in [0.25, 0.3) is 0 Å². The van der Waals surface area contributed by atoms with Crippen LogP contribution in [0.4, 0.5) is 0 Å². The average Bonchev–Trinajstić information content (AvgIpc) is 2.35. The lowest BCUT2D eigenvalue weighted by Crippen LogP contribution is -2.41. The van der Waals surface area contributed by atoms with Crippen LogP contribution in [-0.2, 0) is 9.53 Å². The highest BCUT2D eigenvalue weighted by Crippen LogP contribution is 2.09. The molecule has 1 saturated heterocycles. The maximum atomic E-state index is 11.6. The predicted molar refractivity (Wildman–Crippen MR) is 72.4 cm³/mol. The first-order chi connectivity index (χ1) is 8.33. The van der Waals surface area contributed by atoms with E-state index in [2.05, 4.69) is 17.2 Å². The van der Waals surface area contributed by atoms with Crippen LogP contribution < -0.4 is 10.6 Å². The highest BCUT2D eigenvalue weighted by atomic mass is 32.2. The molecular formula is C12H22N2O2S. The highest BCUT2D eigenvalue weighted by Gasteiger charge is 2.15. The SMILES string of the molecule is C=CCCOCCNC(=O)CC1CSCCN1. The van der Waals surface area contributed by atoms with E-state index in [0.717, 1.165) is 24.5 Å². The molecule has 0 bridgehead atoms. The smallest absolute Gasteiger partial charge is 0.221 e. The van der Waals surface area contributed by atoms with E-state index in [1.807, 2.05) is 17.8 Å². The summed E-state index contributed by atoms with van der Waals surface area (Å²) in [6.07, 6.45) is 3.25. The number of hydrogen-bond acceptors (Lipinski definition) is 4. The summed E-state index contributed by atoms with van der Waals surface area (Å²) in [6, 6.07) is 0.329. The second kappa shape index (κ2) is 9.50. The molecule has 4 nitrogen and oxygen atoms in total. The zero-order valence-corrected chi connectivity index (χ0v) is 11.1. The number of rotatable bonds is 8. The molecule has 0 aromatic carbocycles. The van der Waals surface area contributed by atoms with Gasteiger partial charge in [-0.3, -0.25) is 4.79 Å². The van der Waals surface area contributed by atoms with Crippen molar-refractivity contribution in [1.29, 1.82) is 0 Å². The van der Waals surface area contributed by atoms with Crippen LogP contribution in [0.1, 0.15) is 12.8 Å². The Bertz CT molecular complexity index is 231. The Morgan fingerprint density at radius 1 is 1.59 bits per heavy atom. The Balaban J connectivity index is 1.95. The van der Waals surface area contributed by atoms with Crippen molar-refractivity contribution in [2.24, 2.45) is 0 Å². The van der Waals surface area contributed by atoms with Gasteiger partial charge in [0.2, 0.25) is 5.91 Å². The molecule has 0 aliphatic carbocycles. The number of ether oxygens (including phenoxy) is 1. The third-order valence-corrected chi connectivity index (χ3v) is 3.60. The summed E-state index contributed by atoms with van der Waals surface area (Å²) < 4.78 is 5.31. The topological polar surface area (TPSA) is 50.4 Å². The molecule has 2 N–H and O–H groups in total. The van der Waals surface area contributed by atoms with Crippen LogP contribution >= 0.6 is 11.8 Å². The summed E-state index contributed by atoms with van der Waals surface area (Å²) in [5.74, 6) is 2.29. The first kappa shape index (κ1) is 14.5. The number of carbonyl (C=O) groups excluding carboxylic acids is 1. The molecule has 0 aromatic heterocycles. The van der Waals surface area contributed by atoms with Crippen LogP contribution in [0, 0.1) is 0 Å². The van der Waals surface area contributed by atoms with Crippen molar-refractivity contribution in [3.8, 4) is 0 Å². The Morgan fingerprint density at radius 3 is 3.18 bits per heavy atom. The molecular weight excluding hydrogens is 236 g/mol. The number of nitrogens with one attached hydrogen (secondary N) is 2. The fourth-order valence-electron chi connectivity index (χ4n) is 1.58. The van der Waals surface area contributed by atoms with Crippen molar-refractivity contribution in [1.82, 2.24) is 10.6 Å². The van der Waals surface area contributed by atoms with Gasteiger partial charge in [0, 0.05) is 37.1 Å². The zero-order valence-electron chi connectivity index (χ0n) is 10.2. The summed E-state index contributed by atoms with van der Waals surface area (Å²) in [5, 5.41) is 6.21. The summed E-state index contributed by atoms with van der Waals surface area (Å²) >= 11 is 1.91. The van der Waals surface area contributed by atoms with Crippen molar-refractivity contribution in [2.45, 2.75) is 18.9 Å². The standard InChI is InChI=1S/C12H22N2O2S/c1-2-3-6-16-7-4-14-12(15)9-11-10-17-8-5-13-11/h2,11,13H,1,3-10H2,(H,14,15). The first-order valence-electron chi connectivity index (χ1n) is 6.09. The van der Waals surface area contributed by atoms with Gasteiger partial charge >= 0.3 is 0 Å². The maximum absolute atomic E-state index is 11.6. The van der Waals surface area contributed by atoms with Gasteiger partial charge < -0.3 is 15.4 Å². The van der Waals surface area contributed by atoms with Gasteiger partial charge in [0.1, 0.15) is 0 Å². The minimum absolute atomic E-state index is 0.109. The van der Waals surface area contributed by atoms with E-state index >= 15 is 0 Å². The van der Waals surface area contributed by atoms with Gasteiger partial charge in [-0.25, -0.2) is 0 Å². The van der Waals surface area contributed by atoms with E-state index < -0.39 is 0 Å². The lowest BCUT2D eigenvalue weighted by Gasteiger charge is -2.22. The van der Waals surface area contributed by atoms with E-state index in [-0.39, 0.29) is 5.91 Å². The quantitative estimate of drug-likeness (QED) is 0.499. The molecule has 0 aromatic rings. The molecule has 98 valence electrons. The number of amides is 1. The Kier molecular flexibility index (Phi) is 8.13. The number of thioether (sulfide) groups is 1. The van der Waals surface area contributed by atoms with Crippen molar-refractivity contribution >= 4 is 17.7 Å². The first-order valence-corrected chi connectivity index (χ1v) is 7.25. The third kappa shape index (κ3) is 7.41. The van der Waals surface area contributed by atoms with E-state index in [4.69, 9.17) is 4.74 Å². The Labute approximate surface area is 108 Å². The fraction of sp³-hybridized carbons (Fsp3) is 0.750. The summed E-state index contributed by atoms with van der Waals surface area (Å²) in [7, 11) is 0. The van der Waals surface area contributed by atoms with Crippen molar-refractivity contribution in [3.05, 3.63) is 12.7 Å². The molecule has 1 fully saturated rings. The summed E-state index contributed by atoms with van der Waals surface area (Å²) in [5.41, 5.74) is 0. The largest absolute Gasteiger partial charge is 0.379 e. The molecule has 1 atom stereocenters. The average molecular weight is 258 g/mol. The van der Waals surface area contributed by atoms with Gasteiger partial charge in [-0.15, -0.1) is 6.58 Å². The van der Waals surface area contributed by atoms with Gasteiger partial charge in [0.05, 0.1) is 13.2 Å². The second-order valence-electron chi connectivity index (χ2n) is 3.97. The van der Waals surface area contributed by atoms with E-state index in [9.17, 15) is 4.79 Å². The molecule has 1 unspecified atom stereocenters. The maximum Gasteiger partial charge on any atom is 0.221 e. The molecule has 5 heteroatoms. The minimum atomic E-state index is 0.109. The molecule has 1 aliphatic heterocycles. The van der Waals surface area contributed by atoms with Crippen LogP contribution in [-0.4, -0.2) is 49.8 Å². The van der Waals surface area contributed by atoms with Crippen molar-refractivity contribution in [3.63, 3.8) is 0 Å². The van der Waals surface area contributed by atoms with E-state index in [1.165, 1.54) is 0 Å². The summed E-state index contributed by atoms with van der Waals surface area (Å²) in [6.45, 7) is 6.47. The second-order valence-corrected chi connectivity index (χ2v) is 5.12. The van der Waals surface area contributed by atoms with Crippen molar-refractivity contribution < 1.29 is 9.53 Å². The fourth-order valence-corrected chi connectivity index (χ4v) is 2.53. The van der Waals surface area contributed by atoms with Crippen LogP contribution in [0.2, 0.25) is 0 Å². The molecule has 1 aliphatic rings. The highest BCUT2D eigenvalue weighted by molar-refractivity contribution is 7.99. The normalized spacial score (nSPS) is 19.9. The van der Waals surface area contributed by atoms with Crippen LogP contribution in [0.3, 0.4) is 0 Å². The zero-order chi connectivity index (χ0) is 12.3. The minimum Gasteiger partial charge on any atom is -0.379 e. The Hall–Kier alpha value is -0.520. The van der Waals surface area contributed by atoms with E-state index in [0.29, 0.717) is 32.2 Å². The van der Waals surface area contributed by atoms with Gasteiger partial charge in [0.25, 0.3) is 0 Å². The summed E-state index contributed by atoms with van der Waals surface area (Å²) in [4.78, 5) is 11.6. The molecule has 0 saturated carbocycles. The van der Waals surface area contributed by atoms with Crippen molar-refractivity contribution in [2.75, 3.05) is 37.8 Å². The molecule has 1 rings (SSSR count). The number of hydrogen-bond donors (Lipinski definition) is 2. The monoisotopic (exact) mass is 258 g/mol. The lowest BCUT2D eigenvalue weighted by molar-refractivity contribution is -0.121. The molecule has 1 amide bonds.